The molecule has 0 bridgehead atoms. The molecule has 1 atom stereocenters. The van der Waals surface area contributed by atoms with Crippen molar-refractivity contribution in [2.75, 3.05) is 5.32 Å². The highest BCUT2D eigenvalue weighted by molar-refractivity contribution is 5.40. The fraction of sp³-hybridized carbons (Fsp3) is 0.333. The molecule has 3 heterocycles. The first-order valence-electron chi connectivity index (χ1n) is 6.47. The van der Waals surface area contributed by atoms with Gasteiger partial charge >= 0.3 is 0 Å². The van der Waals surface area contributed by atoms with Crippen LogP contribution < -0.4 is 5.32 Å². The van der Waals surface area contributed by atoms with E-state index in [9.17, 15) is 0 Å². The smallest absolute Gasteiger partial charge is 0.249 e. The molecular formula is C12H14N8O. The van der Waals surface area contributed by atoms with Gasteiger partial charge in [-0.3, -0.25) is 5.10 Å². The first kappa shape index (κ1) is 13.2. The number of aromatic nitrogens is 7. The van der Waals surface area contributed by atoms with Crippen LogP contribution in [0.4, 0.5) is 5.95 Å². The van der Waals surface area contributed by atoms with Gasteiger partial charge in [0.25, 0.3) is 0 Å². The number of nitrogens with zero attached hydrogens (tertiary/aromatic N) is 6. The lowest BCUT2D eigenvalue weighted by atomic mass is 10.0. The van der Waals surface area contributed by atoms with Crippen LogP contribution in [0.2, 0.25) is 0 Å². The summed E-state index contributed by atoms with van der Waals surface area (Å²) in [6, 6.07) is 1.56. The zero-order valence-corrected chi connectivity index (χ0v) is 11.6. The van der Waals surface area contributed by atoms with Crippen molar-refractivity contribution in [2.45, 2.75) is 19.9 Å². The maximum Gasteiger partial charge on any atom is 0.249 e. The number of rotatable bonds is 5. The minimum Gasteiger partial charge on any atom is -0.342 e. The second-order valence-corrected chi connectivity index (χ2v) is 4.73. The van der Waals surface area contributed by atoms with E-state index in [1.54, 1.807) is 18.5 Å². The van der Waals surface area contributed by atoms with E-state index in [0.717, 1.165) is 0 Å². The average Bonchev–Trinajstić information content (AvgIpc) is 3.16. The summed E-state index contributed by atoms with van der Waals surface area (Å²) in [7, 11) is 0. The first-order chi connectivity index (χ1) is 10.2. The molecule has 3 aromatic heterocycles. The van der Waals surface area contributed by atoms with Crippen molar-refractivity contribution in [3.05, 3.63) is 30.7 Å². The van der Waals surface area contributed by atoms with Gasteiger partial charge in [0.15, 0.2) is 5.82 Å². The highest BCUT2D eigenvalue weighted by Crippen LogP contribution is 2.24. The summed E-state index contributed by atoms with van der Waals surface area (Å²) in [5.74, 6) is 1.99. The highest BCUT2D eigenvalue weighted by atomic mass is 16.5. The van der Waals surface area contributed by atoms with Gasteiger partial charge in [-0.2, -0.15) is 10.1 Å². The van der Waals surface area contributed by atoms with Gasteiger partial charge in [-0.15, -0.1) is 0 Å². The topological polar surface area (TPSA) is 118 Å². The van der Waals surface area contributed by atoms with Crippen LogP contribution in [0.25, 0.3) is 11.6 Å². The molecule has 21 heavy (non-hydrogen) atoms. The minimum absolute atomic E-state index is 0.198. The molecule has 9 nitrogen and oxygen atoms in total. The van der Waals surface area contributed by atoms with Crippen molar-refractivity contribution >= 4 is 5.95 Å². The van der Waals surface area contributed by atoms with Crippen molar-refractivity contribution in [3.63, 3.8) is 0 Å². The molecule has 0 aromatic carbocycles. The molecule has 0 fully saturated rings. The summed E-state index contributed by atoms with van der Waals surface area (Å²) < 4.78 is 5.32. The third kappa shape index (κ3) is 2.86. The minimum atomic E-state index is -0.198. The molecular weight excluding hydrogens is 272 g/mol. The summed E-state index contributed by atoms with van der Waals surface area (Å²) in [4.78, 5) is 16.6. The van der Waals surface area contributed by atoms with Crippen molar-refractivity contribution in [1.29, 1.82) is 0 Å². The third-order valence-electron chi connectivity index (χ3n) is 2.85. The maximum absolute atomic E-state index is 5.32. The molecule has 0 spiro atoms. The van der Waals surface area contributed by atoms with Crippen LogP contribution in [0.1, 0.15) is 25.8 Å². The van der Waals surface area contributed by atoms with Gasteiger partial charge in [-0.1, -0.05) is 19.0 Å². The molecule has 3 rings (SSSR count). The van der Waals surface area contributed by atoms with Gasteiger partial charge in [0.1, 0.15) is 12.4 Å². The van der Waals surface area contributed by atoms with E-state index in [0.29, 0.717) is 23.5 Å². The van der Waals surface area contributed by atoms with E-state index in [1.807, 2.05) is 13.8 Å². The van der Waals surface area contributed by atoms with Crippen molar-refractivity contribution in [1.82, 2.24) is 35.3 Å². The average molecular weight is 286 g/mol. The Morgan fingerprint density at radius 3 is 2.67 bits per heavy atom. The van der Waals surface area contributed by atoms with Gasteiger partial charge in [-0.05, 0) is 12.0 Å². The molecule has 9 heteroatoms. The number of nitrogens with one attached hydrogen (secondary N) is 2. The second kappa shape index (κ2) is 5.65. The largest absolute Gasteiger partial charge is 0.342 e. The number of aromatic amines is 1. The monoisotopic (exact) mass is 286 g/mol. The molecule has 0 aliphatic carbocycles. The molecule has 0 aliphatic heterocycles. The molecule has 2 N–H and O–H groups in total. The summed E-state index contributed by atoms with van der Waals surface area (Å²) in [5, 5.41) is 13.5. The molecule has 0 saturated carbocycles. The number of hydrogen-bond acceptors (Lipinski definition) is 8. The van der Waals surface area contributed by atoms with E-state index >= 15 is 0 Å². The summed E-state index contributed by atoms with van der Waals surface area (Å²) in [6.07, 6.45) is 4.72. The van der Waals surface area contributed by atoms with Crippen LogP contribution in [-0.2, 0) is 0 Å². The van der Waals surface area contributed by atoms with Gasteiger partial charge in [0.2, 0.25) is 17.7 Å². The number of anilines is 1. The molecule has 108 valence electrons. The Bertz CT molecular complexity index is 678. The Kier molecular flexibility index (Phi) is 3.54. The van der Waals surface area contributed by atoms with Crippen molar-refractivity contribution in [3.8, 4) is 11.6 Å². The Hall–Kier alpha value is -2.84. The molecule has 0 amide bonds. The van der Waals surface area contributed by atoms with Gasteiger partial charge in [-0.25, -0.2) is 15.0 Å². The van der Waals surface area contributed by atoms with E-state index in [2.05, 4.69) is 40.6 Å². The number of H-pyrrole nitrogens is 1. The fourth-order valence-electron chi connectivity index (χ4n) is 1.80. The summed E-state index contributed by atoms with van der Waals surface area (Å²) in [5.41, 5.74) is 0. The summed E-state index contributed by atoms with van der Waals surface area (Å²) >= 11 is 0. The first-order valence-corrected chi connectivity index (χ1v) is 6.47. The Balaban J connectivity index is 1.84. The van der Waals surface area contributed by atoms with E-state index in [1.165, 1.54) is 6.33 Å². The van der Waals surface area contributed by atoms with Gasteiger partial charge in [0, 0.05) is 12.4 Å². The van der Waals surface area contributed by atoms with Crippen LogP contribution in [0.5, 0.6) is 0 Å². The fourth-order valence-corrected chi connectivity index (χ4v) is 1.80. The van der Waals surface area contributed by atoms with Crippen molar-refractivity contribution in [2.24, 2.45) is 5.92 Å². The van der Waals surface area contributed by atoms with E-state index in [-0.39, 0.29) is 12.0 Å². The lowest BCUT2D eigenvalue weighted by Crippen LogP contribution is -2.18. The lowest BCUT2D eigenvalue weighted by molar-refractivity contribution is 0.335. The zero-order chi connectivity index (χ0) is 14.7. The van der Waals surface area contributed by atoms with Gasteiger partial charge < -0.3 is 9.84 Å². The molecule has 0 saturated heterocycles. The predicted octanol–water partition coefficient (Wildman–Crippen LogP) is 1.45. The quantitative estimate of drug-likeness (QED) is 0.723. The molecule has 0 unspecified atom stereocenters. The van der Waals surface area contributed by atoms with Crippen LogP contribution >= 0.6 is 0 Å². The Morgan fingerprint density at radius 1 is 1.19 bits per heavy atom. The second-order valence-electron chi connectivity index (χ2n) is 4.73. The molecule has 0 radical (unpaired) electrons. The van der Waals surface area contributed by atoms with Crippen LogP contribution in [0.15, 0.2) is 29.3 Å². The summed E-state index contributed by atoms with van der Waals surface area (Å²) in [6.45, 7) is 4.08. The standard InChI is InChI=1S/C12H14N8O/c1-7(2)8(17-12-13-4-3-5-14-12)11-18-10(20-21-11)9-15-6-16-19-9/h3-8H,1-2H3,(H,13,14,17)(H,15,16,19)/t8-/m0/s1. The van der Waals surface area contributed by atoms with Gasteiger partial charge in [0.05, 0.1) is 0 Å². The van der Waals surface area contributed by atoms with E-state index in [4.69, 9.17) is 4.52 Å². The molecule has 3 aromatic rings. The van der Waals surface area contributed by atoms with E-state index < -0.39 is 0 Å². The predicted molar refractivity (Wildman–Crippen MR) is 72.9 cm³/mol. The molecule has 0 aliphatic rings. The Morgan fingerprint density at radius 2 is 2.00 bits per heavy atom. The lowest BCUT2D eigenvalue weighted by Gasteiger charge is -2.17. The Labute approximate surface area is 120 Å². The maximum atomic E-state index is 5.32. The van der Waals surface area contributed by atoms with Crippen LogP contribution in [-0.4, -0.2) is 35.3 Å². The SMILES string of the molecule is CC(C)[C@H](Nc1ncccn1)c1nc(-c2ncn[nH]2)no1. The zero-order valence-electron chi connectivity index (χ0n) is 11.6. The van der Waals surface area contributed by atoms with Crippen LogP contribution in [0.3, 0.4) is 0 Å². The number of hydrogen-bond donors (Lipinski definition) is 2. The highest BCUT2D eigenvalue weighted by Gasteiger charge is 2.24. The van der Waals surface area contributed by atoms with Crippen LogP contribution in [0, 0.1) is 5.92 Å². The third-order valence-corrected chi connectivity index (χ3v) is 2.85. The van der Waals surface area contributed by atoms with Crippen molar-refractivity contribution < 1.29 is 4.52 Å². The normalized spacial score (nSPS) is 12.5.